The van der Waals surface area contributed by atoms with Crippen LogP contribution in [-0.4, -0.2) is 45.0 Å². The second-order valence-corrected chi connectivity index (χ2v) is 8.42. The largest absolute Gasteiger partial charge is 0.468 e. The molecule has 0 heterocycles. The summed E-state index contributed by atoms with van der Waals surface area (Å²) < 4.78 is 72.7. The molecule has 1 atom stereocenters. The minimum Gasteiger partial charge on any atom is -0.468 e. The molecule has 0 aromatic heterocycles. The predicted molar refractivity (Wildman–Crippen MR) is 119 cm³/mol. The number of esters is 1. The molecule has 1 unspecified atom stereocenters. The van der Waals surface area contributed by atoms with Crippen molar-refractivity contribution in [2.75, 3.05) is 21.0 Å². The first-order chi connectivity index (χ1) is 16.6. The van der Waals surface area contributed by atoms with E-state index in [1.807, 2.05) is 0 Å². The van der Waals surface area contributed by atoms with Crippen LogP contribution >= 0.6 is 0 Å². The molecule has 1 saturated carbocycles. The highest BCUT2D eigenvalue weighted by molar-refractivity contribution is 5.82. The van der Waals surface area contributed by atoms with Crippen molar-refractivity contribution in [1.82, 2.24) is 5.32 Å². The molecule has 0 saturated heterocycles. The van der Waals surface area contributed by atoms with Crippen LogP contribution in [0, 0.1) is 5.82 Å². The number of aldehydes is 1. The number of nitrogens with one attached hydrogen (secondary N) is 1. The summed E-state index contributed by atoms with van der Waals surface area (Å²) >= 11 is 0. The van der Waals surface area contributed by atoms with Gasteiger partial charge in [-0.2, -0.15) is 13.2 Å². The average Bonchev–Trinajstić information content (AvgIpc) is 2.85. The van der Waals surface area contributed by atoms with E-state index in [2.05, 4.69) is 5.32 Å². The van der Waals surface area contributed by atoms with Crippen molar-refractivity contribution in [3.63, 3.8) is 0 Å². The Kier molecular flexibility index (Phi) is 8.50. The molecule has 1 aliphatic carbocycles. The lowest BCUT2D eigenvalue weighted by Crippen LogP contribution is -2.57. The van der Waals surface area contributed by atoms with Gasteiger partial charge in [0.1, 0.15) is 29.4 Å². The second kappa shape index (κ2) is 11.2. The van der Waals surface area contributed by atoms with Gasteiger partial charge < -0.3 is 14.2 Å². The number of ether oxygens (including phenoxy) is 3. The van der Waals surface area contributed by atoms with Crippen LogP contribution in [0.15, 0.2) is 36.4 Å². The molecule has 1 fully saturated rings. The maximum Gasteiger partial charge on any atom is 0.407 e. The zero-order valence-corrected chi connectivity index (χ0v) is 19.4. The van der Waals surface area contributed by atoms with E-state index in [9.17, 15) is 27.2 Å². The van der Waals surface area contributed by atoms with Gasteiger partial charge in [-0.05, 0) is 42.7 Å². The normalized spacial score (nSPS) is 16.4. The summed E-state index contributed by atoms with van der Waals surface area (Å²) in [4.78, 5) is 23.7. The number of hydrogen-bond donors (Lipinski definition) is 1. The van der Waals surface area contributed by atoms with Gasteiger partial charge in [0.25, 0.3) is 0 Å². The molecule has 3 rings (SSSR count). The van der Waals surface area contributed by atoms with Gasteiger partial charge in [-0.1, -0.05) is 31.4 Å². The number of halogens is 4. The van der Waals surface area contributed by atoms with Gasteiger partial charge in [-0.3, -0.25) is 14.9 Å². The van der Waals surface area contributed by atoms with Gasteiger partial charge in [0.2, 0.25) is 0 Å². The number of alkyl halides is 3. The number of carbonyl (C=O) groups excluding carboxylic acids is 2. The number of carbonyl (C=O) groups is 2. The van der Waals surface area contributed by atoms with Gasteiger partial charge in [-0.15, -0.1) is 0 Å². The standard InChI is InChI=1S/C25H27F4NO5/c1-33-15-35-21-13-17(7-8-18(21)19-12-16(14-31)6-9-20(19)26)22(25(27,28)29)30-24(23(32)34-2)10-4-3-5-11-24/h6-9,12-14,22,30H,3-5,10-11,15H2,1-2H3. The van der Waals surface area contributed by atoms with Crippen LogP contribution in [0.25, 0.3) is 11.1 Å². The highest BCUT2D eigenvalue weighted by atomic mass is 19.4. The maximum atomic E-state index is 14.6. The molecule has 1 N–H and O–H groups in total. The summed E-state index contributed by atoms with van der Waals surface area (Å²) in [5.74, 6) is -1.49. The molecule has 0 bridgehead atoms. The minimum absolute atomic E-state index is 0.0120. The monoisotopic (exact) mass is 497 g/mol. The van der Waals surface area contributed by atoms with Crippen LogP contribution < -0.4 is 10.1 Å². The van der Waals surface area contributed by atoms with Crippen molar-refractivity contribution in [2.24, 2.45) is 0 Å². The van der Waals surface area contributed by atoms with Gasteiger partial charge in [0, 0.05) is 23.8 Å². The smallest absolute Gasteiger partial charge is 0.407 e. The van der Waals surface area contributed by atoms with Crippen LogP contribution in [0.3, 0.4) is 0 Å². The van der Waals surface area contributed by atoms with Gasteiger partial charge >= 0.3 is 12.1 Å². The molecule has 6 nitrogen and oxygen atoms in total. The predicted octanol–water partition coefficient (Wildman–Crippen LogP) is 5.36. The lowest BCUT2D eigenvalue weighted by atomic mass is 9.80. The topological polar surface area (TPSA) is 73.9 Å². The molecule has 0 spiro atoms. The summed E-state index contributed by atoms with van der Waals surface area (Å²) in [6, 6.07) is 5.07. The van der Waals surface area contributed by atoms with Gasteiger partial charge in [-0.25, -0.2) is 4.39 Å². The minimum atomic E-state index is -4.76. The van der Waals surface area contributed by atoms with E-state index in [4.69, 9.17) is 14.2 Å². The summed E-state index contributed by atoms with van der Waals surface area (Å²) in [6.45, 7) is -0.304. The fraction of sp³-hybridized carbons (Fsp3) is 0.440. The first kappa shape index (κ1) is 26.6. The second-order valence-electron chi connectivity index (χ2n) is 8.42. The van der Waals surface area contributed by atoms with E-state index in [-0.39, 0.29) is 47.6 Å². The van der Waals surface area contributed by atoms with Crippen molar-refractivity contribution < 1.29 is 41.4 Å². The Balaban J connectivity index is 2.09. The molecule has 10 heteroatoms. The van der Waals surface area contributed by atoms with Crippen molar-refractivity contribution in [2.45, 2.75) is 49.9 Å². The highest BCUT2D eigenvalue weighted by Gasteiger charge is 2.49. The molecular formula is C25H27F4NO5. The zero-order valence-electron chi connectivity index (χ0n) is 19.4. The van der Waals surface area contributed by atoms with Gasteiger partial charge in [0.15, 0.2) is 6.79 Å². The Labute approximate surface area is 200 Å². The van der Waals surface area contributed by atoms with Crippen LogP contribution in [0.5, 0.6) is 5.75 Å². The van der Waals surface area contributed by atoms with Gasteiger partial charge in [0.05, 0.1) is 7.11 Å². The molecule has 35 heavy (non-hydrogen) atoms. The molecular weight excluding hydrogens is 470 g/mol. The van der Waals surface area contributed by atoms with E-state index in [1.54, 1.807) is 0 Å². The van der Waals surface area contributed by atoms with E-state index in [0.717, 1.165) is 25.7 Å². The summed E-state index contributed by atoms with van der Waals surface area (Å²) in [7, 11) is 2.48. The summed E-state index contributed by atoms with van der Waals surface area (Å²) in [6.07, 6.45) is -1.83. The number of rotatable bonds is 9. The Bertz CT molecular complexity index is 1050. The quantitative estimate of drug-likeness (QED) is 0.218. The molecule has 0 radical (unpaired) electrons. The SMILES string of the molecule is COCOc1cc(C(NC2(C(=O)OC)CCCCC2)C(F)(F)F)ccc1-c1cc(C=O)ccc1F. The Morgan fingerprint density at radius 3 is 2.40 bits per heavy atom. The molecule has 2 aromatic carbocycles. The Morgan fingerprint density at radius 1 is 1.09 bits per heavy atom. The fourth-order valence-electron chi connectivity index (χ4n) is 4.39. The third-order valence-electron chi connectivity index (χ3n) is 6.12. The maximum absolute atomic E-state index is 14.6. The first-order valence-corrected chi connectivity index (χ1v) is 11.1. The molecule has 0 aliphatic heterocycles. The zero-order chi connectivity index (χ0) is 25.6. The Hall–Kier alpha value is -2.98. The fourth-order valence-corrected chi connectivity index (χ4v) is 4.39. The van der Waals surface area contributed by atoms with E-state index >= 15 is 0 Å². The lowest BCUT2D eigenvalue weighted by molar-refractivity contribution is -0.172. The molecule has 190 valence electrons. The summed E-state index contributed by atoms with van der Waals surface area (Å²) in [5.41, 5.74) is -1.39. The van der Waals surface area contributed by atoms with Crippen LogP contribution in [-0.2, 0) is 14.3 Å². The lowest BCUT2D eigenvalue weighted by Gasteiger charge is -2.39. The average molecular weight is 497 g/mol. The number of benzene rings is 2. The van der Waals surface area contributed by atoms with Crippen LogP contribution in [0.4, 0.5) is 17.6 Å². The van der Waals surface area contributed by atoms with Crippen LogP contribution in [0.1, 0.15) is 54.1 Å². The molecule has 2 aromatic rings. The number of hydrogen-bond acceptors (Lipinski definition) is 6. The third-order valence-corrected chi connectivity index (χ3v) is 6.12. The molecule has 1 aliphatic rings. The van der Waals surface area contributed by atoms with Crippen molar-refractivity contribution in [1.29, 1.82) is 0 Å². The first-order valence-electron chi connectivity index (χ1n) is 11.1. The van der Waals surface area contributed by atoms with E-state index < -0.39 is 29.5 Å². The van der Waals surface area contributed by atoms with Crippen LogP contribution in [0.2, 0.25) is 0 Å². The Morgan fingerprint density at radius 2 is 1.80 bits per heavy atom. The van der Waals surface area contributed by atoms with E-state index in [1.165, 1.54) is 31.4 Å². The van der Waals surface area contributed by atoms with Crippen molar-refractivity contribution in [3.8, 4) is 16.9 Å². The third kappa shape index (κ3) is 5.99. The summed E-state index contributed by atoms with van der Waals surface area (Å²) in [5, 5.41) is 2.54. The van der Waals surface area contributed by atoms with Crippen molar-refractivity contribution >= 4 is 12.3 Å². The highest BCUT2D eigenvalue weighted by Crippen LogP contribution is 2.42. The number of methoxy groups -OCH3 is 2. The molecule has 0 amide bonds. The van der Waals surface area contributed by atoms with Crippen molar-refractivity contribution in [3.05, 3.63) is 53.3 Å². The van der Waals surface area contributed by atoms with E-state index in [0.29, 0.717) is 19.1 Å².